The van der Waals surface area contributed by atoms with Gasteiger partial charge in [0.05, 0.1) is 6.21 Å². The standard InChI is InChI=1S/C18H17FN4O2/c1-23(2)16-9-3-13(4-10-16)11-20-24-12-17-21-22-18(25-17)14-5-7-15(19)8-6-14/h3-11H,12H2,1-2H3. The summed E-state index contributed by atoms with van der Waals surface area (Å²) < 4.78 is 18.4. The lowest BCUT2D eigenvalue weighted by atomic mass is 10.2. The number of benzene rings is 2. The Kier molecular flexibility index (Phi) is 5.03. The van der Waals surface area contributed by atoms with Gasteiger partial charge in [-0.25, -0.2) is 4.39 Å². The van der Waals surface area contributed by atoms with Gasteiger partial charge in [-0.15, -0.1) is 10.2 Å². The highest BCUT2D eigenvalue weighted by molar-refractivity contribution is 5.79. The van der Waals surface area contributed by atoms with E-state index in [4.69, 9.17) is 9.25 Å². The van der Waals surface area contributed by atoms with Gasteiger partial charge >= 0.3 is 0 Å². The Morgan fingerprint density at radius 2 is 1.80 bits per heavy atom. The first-order chi connectivity index (χ1) is 12.1. The van der Waals surface area contributed by atoms with E-state index in [-0.39, 0.29) is 12.4 Å². The number of halogens is 1. The summed E-state index contributed by atoms with van der Waals surface area (Å²) in [6, 6.07) is 13.7. The molecule has 0 spiro atoms. The minimum absolute atomic E-state index is 0.0560. The number of anilines is 1. The monoisotopic (exact) mass is 340 g/mol. The summed E-state index contributed by atoms with van der Waals surface area (Å²) in [7, 11) is 3.97. The van der Waals surface area contributed by atoms with Crippen molar-refractivity contribution in [2.75, 3.05) is 19.0 Å². The van der Waals surface area contributed by atoms with E-state index in [2.05, 4.69) is 15.4 Å². The van der Waals surface area contributed by atoms with Crippen molar-refractivity contribution in [2.45, 2.75) is 6.61 Å². The Bertz CT molecular complexity index is 842. The lowest BCUT2D eigenvalue weighted by Gasteiger charge is -2.11. The number of hydrogen-bond donors (Lipinski definition) is 0. The minimum Gasteiger partial charge on any atom is -0.417 e. The smallest absolute Gasteiger partial charge is 0.257 e. The molecule has 0 aliphatic rings. The average molecular weight is 340 g/mol. The first kappa shape index (κ1) is 16.6. The molecule has 0 N–H and O–H groups in total. The normalized spacial score (nSPS) is 11.0. The lowest BCUT2D eigenvalue weighted by Crippen LogP contribution is -2.08. The van der Waals surface area contributed by atoms with Gasteiger partial charge in [-0.05, 0) is 42.0 Å². The Balaban J connectivity index is 1.54. The molecule has 25 heavy (non-hydrogen) atoms. The third-order valence-corrected chi connectivity index (χ3v) is 3.43. The van der Waals surface area contributed by atoms with Crippen LogP contribution in [-0.4, -0.2) is 30.5 Å². The van der Waals surface area contributed by atoms with Crippen molar-refractivity contribution in [3.63, 3.8) is 0 Å². The molecule has 7 heteroatoms. The molecule has 0 radical (unpaired) electrons. The van der Waals surface area contributed by atoms with Crippen molar-refractivity contribution in [1.82, 2.24) is 10.2 Å². The van der Waals surface area contributed by atoms with Crippen LogP contribution in [0.3, 0.4) is 0 Å². The van der Waals surface area contributed by atoms with E-state index in [9.17, 15) is 4.39 Å². The highest BCUT2D eigenvalue weighted by Crippen LogP contribution is 2.18. The van der Waals surface area contributed by atoms with Crippen LogP contribution >= 0.6 is 0 Å². The maximum Gasteiger partial charge on any atom is 0.257 e. The van der Waals surface area contributed by atoms with Gasteiger partial charge in [0.1, 0.15) is 5.82 Å². The lowest BCUT2D eigenvalue weighted by molar-refractivity contribution is 0.112. The Morgan fingerprint density at radius 1 is 1.08 bits per heavy atom. The Morgan fingerprint density at radius 3 is 2.48 bits per heavy atom. The van der Waals surface area contributed by atoms with Gasteiger partial charge in [0.15, 0.2) is 6.61 Å². The molecule has 0 unspecified atom stereocenters. The molecule has 0 aliphatic heterocycles. The fourth-order valence-electron chi connectivity index (χ4n) is 2.07. The second-order valence-electron chi connectivity index (χ2n) is 5.50. The molecule has 128 valence electrons. The van der Waals surface area contributed by atoms with Crippen molar-refractivity contribution in [2.24, 2.45) is 5.16 Å². The van der Waals surface area contributed by atoms with E-state index >= 15 is 0 Å². The summed E-state index contributed by atoms with van der Waals surface area (Å²) >= 11 is 0. The zero-order chi connectivity index (χ0) is 17.6. The number of aromatic nitrogens is 2. The van der Waals surface area contributed by atoms with E-state index in [1.165, 1.54) is 12.1 Å². The second-order valence-corrected chi connectivity index (χ2v) is 5.50. The summed E-state index contributed by atoms with van der Waals surface area (Å²) in [5, 5.41) is 11.7. The number of nitrogens with zero attached hydrogens (tertiary/aromatic N) is 4. The molecule has 0 bridgehead atoms. The van der Waals surface area contributed by atoms with Gasteiger partial charge in [-0.3, -0.25) is 0 Å². The summed E-state index contributed by atoms with van der Waals surface area (Å²) in [4.78, 5) is 7.19. The quantitative estimate of drug-likeness (QED) is 0.508. The molecule has 1 aromatic heterocycles. The van der Waals surface area contributed by atoms with E-state index < -0.39 is 0 Å². The topological polar surface area (TPSA) is 63.8 Å². The zero-order valence-corrected chi connectivity index (χ0v) is 13.9. The van der Waals surface area contributed by atoms with Gasteiger partial charge in [0.25, 0.3) is 5.89 Å². The second kappa shape index (κ2) is 7.57. The maximum absolute atomic E-state index is 12.9. The fourth-order valence-corrected chi connectivity index (χ4v) is 2.07. The number of rotatable bonds is 6. The molecule has 0 saturated carbocycles. The van der Waals surface area contributed by atoms with E-state index in [1.807, 2.05) is 43.3 Å². The minimum atomic E-state index is -0.320. The van der Waals surface area contributed by atoms with Crippen LogP contribution in [0, 0.1) is 5.82 Å². The predicted molar refractivity (Wildman–Crippen MR) is 92.8 cm³/mol. The third kappa shape index (κ3) is 4.41. The van der Waals surface area contributed by atoms with E-state index in [0.29, 0.717) is 17.3 Å². The van der Waals surface area contributed by atoms with Crippen molar-refractivity contribution >= 4 is 11.9 Å². The van der Waals surface area contributed by atoms with E-state index in [0.717, 1.165) is 11.3 Å². The van der Waals surface area contributed by atoms with Gasteiger partial charge in [-0.1, -0.05) is 17.3 Å². The Hall–Kier alpha value is -3.22. The van der Waals surface area contributed by atoms with Crippen LogP contribution in [0.5, 0.6) is 0 Å². The van der Waals surface area contributed by atoms with Crippen LogP contribution in [0.1, 0.15) is 11.5 Å². The highest BCUT2D eigenvalue weighted by atomic mass is 19.1. The molecule has 0 fully saturated rings. The highest BCUT2D eigenvalue weighted by Gasteiger charge is 2.08. The molecule has 2 aromatic carbocycles. The third-order valence-electron chi connectivity index (χ3n) is 3.43. The Labute approximate surface area is 144 Å². The fraction of sp³-hybridized carbons (Fsp3) is 0.167. The first-order valence-electron chi connectivity index (χ1n) is 7.63. The number of hydrogen-bond acceptors (Lipinski definition) is 6. The average Bonchev–Trinajstić information content (AvgIpc) is 3.09. The molecule has 0 amide bonds. The van der Waals surface area contributed by atoms with Crippen LogP contribution in [0.25, 0.3) is 11.5 Å². The molecular formula is C18H17FN4O2. The first-order valence-corrected chi connectivity index (χ1v) is 7.63. The summed E-state index contributed by atoms with van der Waals surface area (Å²) in [6.45, 7) is 0.0560. The van der Waals surface area contributed by atoms with Crippen molar-refractivity contribution in [1.29, 1.82) is 0 Å². The molecule has 3 rings (SSSR count). The van der Waals surface area contributed by atoms with Crippen LogP contribution in [-0.2, 0) is 11.4 Å². The van der Waals surface area contributed by atoms with Crippen LogP contribution < -0.4 is 4.90 Å². The SMILES string of the molecule is CN(C)c1ccc(C=NOCc2nnc(-c3ccc(F)cc3)o2)cc1. The molecular weight excluding hydrogens is 323 g/mol. The molecule has 1 heterocycles. The van der Waals surface area contributed by atoms with Crippen LogP contribution in [0.2, 0.25) is 0 Å². The molecule has 3 aromatic rings. The summed E-state index contributed by atoms with van der Waals surface area (Å²) in [5.41, 5.74) is 2.67. The summed E-state index contributed by atoms with van der Waals surface area (Å²) in [5.74, 6) is 0.279. The molecule has 0 aliphatic carbocycles. The summed E-state index contributed by atoms with van der Waals surface area (Å²) in [6.07, 6.45) is 1.61. The molecule has 0 saturated heterocycles. The number of oxime groups is 1. The van der Waals surface area contributed by atoms with Gasteiger partial charge in [0.2, 0.25) is 5.89 Å². The van der Waals surface area contributed by atoms with Crippen molar-refractivity contribution < 1.29 is 13.6 Å². The predicted octanol–water partition coefficient (Wildman–Crippen LogP) is 3.49. The van der Waals surface area contributed by atoms with Gasteiger partial charge in [-0.2, -0.15) is 0 Å². The van der Waals surface area contributed by atoms with Crippen LogP contribution in [0.4, 0.5) is 10.1 Å². The van der Waals surface area contributed by atoms with Crippen LogP contribution in [0.15, 0.2) is 58.1 Å². The maximum atomic E-state index is 12.9. The largest absolute Gasteiger partial charge is 0.417 e. The molecule has 6 nitrogen and oxygen atoms in total. The molecule has 0 atom stereocenters. The zero-order valence-electron chi connectivity index (χ0n) is 13.9. The van der Waals surface area contributed by atoms with Crippen molar-refractivity contribution in [3.8, 4) is 11.5 Å². The van der Waals surface area contributed by atoms with Crippen molar-refractivity contribution in [3.05, 3.63) is 65.8 Å². The van der Waals surface area contributed by atoms with Gasteiger partial charge in [0, 0.05) is 25.3 Å². The van der Waals surface area contributed by atoms with Gasteiger partial charge < -0.3 is 14.2 Å². The van der Waals surface area contributed by atoms with E-state index in [1.54, 1.807) is 18.3 Å².